The molecule has 0 aromatic heterocycles. The van der Waals surface area contributed by atoms with Gasteiger partial charge in [-0.05, 0) is 39.3 Å². The molecule has 2 atom stereocenters. The van der Waals surface area contributed by atoms with E-state index in [2.05, 4.69) is 37.7 Å². The molecule has 2 unspecified atom stereocenters. The molecule has 0 aromatic carbocycles. The fourth-order valence-corrected chi connectivity index (χ4v) is 2.51. The van der Waals surface area contributed by atoms with Crippen LogP contribution in [0, 0.1) is 5.92 Å². The lowest BCUT2D eigenvalue weighted by atomic mass is 9.90. The van der Waals surface area contributed by atoms with Crippen molar-refractivity contribution >= 4 is 0 Å². The van der Waals surface area contributed by atoms with E-state index in [0.717, 1.165) is 19.0 Å². The number of likely N-dealkylation sites (N-methyl/N-ethyl adjacent to an activating group) is 1. The number of nitrogens with zero attached hydrogens (tertiary/aromatic N) is 1. The van der Waals surface area contributed by atoms with E-state index in [4.69, 9.17) is 0 Å². The molecule has 0 amide bonds. The third-order valence-corrected chi connectivity index (χ3v) is 3.25. The van der Waals surface area contributed by atoms with Crippen molar-refractivity contribution in [2.24, 2.45) is 5.92 Å². The Labute approximate surface area is 94.7 Å². The van der Waals surface area contributed by atoms with E-state index < -0.39 is 0 Å². The largest absolute Gasteiger partial charge is 0.313 e. The van der Waals surface area contributed by atoms with Crippen LogP contribution in [0.25, 0.3) is 0 Å². The van der Waals surface area contributed by atoms with E-state index in [1.165, 1.54) is 31.4 Å². The number of nitrogens with one attached hydrogen (secondary N) is 1. The van der Waals surface area contributed by atoms with E-state index >= 15 is 0 Å². The minimum Gasteiger partial charge on any atom is -0.313 e. The summed E-state index contributed by atoms with van der Waals surface area (Å²) in [5.74, 6) is 0.939. The van der Waals surface area contributed by atoms with E-state index in [9.17, 15) is 0 Å². The first kappa shape index (κ1) is 12.7. The Morgan fingerprint density at radius 3 is 2.87 bits per heavy atom. The lowest BCUT2D eigenvalue weighted by Gasteiger charge is -2.32. The number of rotatable bonds is 5. The molecular formula is C13H26N2. The first-order chi connectivity index (χ1) is 7.11. The topological polar surface area (TPSA) is 15.3 Å². The fraction of sp³-hybridized carbons (Fsp3) is 0.846. The van der Waals surface area contributed by atoms with Crippen molar-refractivity contribution in [3.63, 3.8) is 0 Å². The van der Waals surface area contributed by atoms with E-state index in [1.807, 2.05) is 0 Å². The summed E-state index contributed by atoms with van der Waals surface area (Å²) in [6.45, 7) is 11.7. The Kier molecular flexibility index (Phi) is 5.34. The Morgan fingerprint density at radius 2 is 2.27 bits per heavy atom. The first-order valence-corrected chi connectivity index (χ1v) is 6.18. The van der Waals surface area contributed by atoms with Crippen molar-refractivity contribution in [3.05, 3.63) is 12.2 Å². The Bertz CT molecular complexity index is 201. The molecule has 0 radical (unpaired) electrons. The molecule has 0 bridgehead atoms. The highest BCUT2D eigenvalue weighted by molar-refractivity contribution is 4.92. The average molecular weight is 210 g/mol. The van der Waals surface area contributed by atoms with Gasteiger partial charge in [-0.25, -0.2) is 0 Å². The summed E-state index contributed by atoms with van der Waals surface area (Å²) >= 11 is 0. The van der Waals surface area contributed by atoms with Crippen LogP contribution in [0.15, 0.2) is 12.2 Å². The second-order valence-electron chi connectivity index (χ2n) is 5.10. The van der Waals surface area contributed by atoms with Gasteiger partial charge in [0.15, 0.2) is 0 Å². The molecule has 1 fully saturated rings. The standard InChI is InChI=1S/C13H26N2/c1-5-12-6-7-14-13(8-12)10-15(4)9-11(2)3/h12-14H,2,5-10H2,1,3-4H3. The third kappa shape index (κ3) is 4.80. The fourth-order valence-electron chi connectivity index (χ4n) is 2.51. The molecule has 1 heterocycles. The molecule has 0 spiro atoms. The predicted molar refractivity (Wildman–Crippen MR) is 67.1 cm³/mol. The molecule has 1 rings (SSSR count). The van der Waals surface area contributed by atoms with Crippen molar-refractivity contribution in [1.82, 2.24) is 10.2 Å². The molecular weight excluding hydrogens is 184 g/mol. The second-order valence-corrected chi connectivity index (χ2v) is 5.10. The zero-order chi connectivity index (χ0) is 11.3. The van der Waals surface area contributed by atoms with Gasteiger partial charge in [0, 0.05) is 19.1 Å². The molecule has 1 N–H and O–H groups in total. The van der Waals surface area contributed by atoms with Crippen LogP contribution in [0.4, 0.5) is 0 Å². The number of piperidine rings is 1. The molecule has 1 aliphatic heterocycles. The molecule has 2 heteroatoms. The van der Waals surface area contributed by atoms with Gasteiger partial charge in [0.1, 0.15) is 0 Å². The van der Waals surface area contributed by atoms with Crippen LogP contribution >= 0.6 is 0 Å². The molecule has 1 aliphatic rings. The van der Waals surface area contributed by atoms with E-state index in [0.29, 0.717) is 6.04 Å². The van der Waals surface area contributed by atoms with Crippen molar-refractivity contribution in [2.75, 3.05) is 26.7 Å². The predicted octanol–water partition coefficient (Wildman–Crippen LogP) is 2.27. The lowest BCUT2D eigenvalue weighted by Crippen LogP contribution is -2.45. The summed E-state index contributed by atoms with van der Waals surface area (Å²) < 4.78 is 0. The molecule has 88 valence electrons. The molecule has 2 nitrogen and oxygen atoms in total. The Hall–Kier alpha value is -0.340. The highest BCUT2D eigenvalue weighted by Crippen LogP contribution is 2.19. The van der Waals surface area contributed by atoms with Gasteiger partial charge >= 0.3 is 0 Å². The summed E-state index contributed by atoms with van der Waals surface area (Å²) in [6.07, 6.45) is 4.04. The van der Waals surface area contributed by atoms with Gasteiger partial charge in [-0.3, -0.25) is 0 Å². The van der Waals surface area contributed by atoms with Crippen LogP contribution in [-0.4, -0.2) is 37.6 Å². The van der Waals surface area contributed by atoms with E-state index in [-0.39, 0.29) is 0 Å². The lowest BCUT2D eigenvalue weighted by molar-refractivity contribution is 0.233. The van der Waals surface area contributed by atoms with Crippen molar-refractivity contribution in [1.29, 1.82) is 0 Å². The zero-order valence-corrected chi connectivity index (χ0v) is 10.6. The summed E-state index contributed by atoms with van der Waals surface area (Å²) in [4.78, 5) is 2.37. The molecule has 0 saturated carbocycles. The molecule has 1 saturated heterocycles. The molecule has 15 heavy (non-hydrogen) atoms. The van der Waals surface area contributed by atoms with Gasteiger partial charge in [0.2, 0.25) is 0 Å². The summed E-state index contributed by atoms with van der Waals surface area (Å²) in [5.41, 5.74) is 1.25. The quantitative estimate of drug-likeness (QED) is 0.700. The van der Waals surface area contributed by atoms with Gasteiger partial charge in [-0.15, -0.1) is 0 Å². The maximum atomic E-state index is 3.96. The van der Waals surface area contributed by atoms with Gasteiger partial charge in [-0.2, -0.15) is 0 Å². The van der Waals surface area contributed by atoms with Gasteiger partial charge < -0.3 is 10.2 Å². The normalized spacial score (nSPS) is 26.9. The van der Waals surface area contributed by atoms with Gasteiger partial charge in [-0.1, -0.05) is 25.5 Å². The Balaban J connectivity index is 2.27. The monoisotopic (exact) mass is 210 g/mol. The number of hydrogen-bond acceptors (Lipinski definition) is 2. The highest BCUT2D eigenvalue weighted by atomic mass is 15.1. The summed E-state index contributed by atoms with van der Waals surface area (Å²) in [5, 5.41) is 3.62. The minimum atomic E-state index is 0.688. The van der Waals surface area contributed by atoms with Crippen LogP contribution in [0.3, 0.4) is 0 Å². The van der Waals surface area contributed by atoms with Crippen LogP contribution in [0.5, 0.6) is 0 Å². The van der Waals surface area contributed by atoms with Crippen LogP contribution in [0.1, 0.15) is 33.1 Å². The van der Waals surface area contributed by atoms with Crippen LogP contribution in [0.2, 0.25) is 0 Å². The highest BCUT2D eigenvalue weighted by Gasteiger charge is 2.20. The summed E-state index contributed by atoms with van der Waals surface area (Å²) in [6, 6.07) is 0.688. The summed E-state index contributed by atoms with van der Waals surface area (Å²) in [7, 11) is 2.19. The van der Waals surface area contributed by atoms with Crippen molar-refractivity contribution in [2.45, 2.75) is 39.2 Å². The van der Waals surface area contributed by atoms with Gasteiger partial charge in [0.05, 0.1) is 0 Å². The zero-order valence-electron chi connectivity index (χ0n) is 10.6. The van der Waals surface area contributed by atoms with Crippen LogP contribution < -0.4 is 5.32 Å². The maximum Gasteiger partial charge on any atom is 0.0197 e. The maximum absolute atomic E-state index is 3.96. The smallest absolute Gasteiger partial charge is 0.0197 e. The Morgan fingerprint density at radius 1 is 1.53 bits per heavy atom. The second kappa shape index (κ2) is 6.29. The SMILES string of the molecule is C=C(C)CN(C)CC1CC(CC)CCN1. The minimum absolute atomic E-state index is 0.688. The molecule has 0 aliphatic carbocycles. The van der Waals surface area contributed by atoms with Crippen molar-refractivity contribution < 1.29 is 0 Å². The van der Waals surface area contributed by atoms with Crippen molar-refractivity contribution in [3.8, 4) is 0 Å². The van der Waals surface area contributed by atoms with Crippen LogP contribution in [-0.2, 0) is 0 Å². The average Bonchev–Trinajstić information content (AvgIpc) is 2.16. The third-order valence-electron chi connectivity index (χ3n) is 3.25. The first-order valence-electron chi connectivity index (χ1n) is 6.18. The van der Waals surface area contributed by atoms with E-state index in [1.54, 1.807) is 0 Å². The van der Waals surface area contributed by atoms with Gasteiger partial charge in [0.25, 0.3) is 0 Å². The molecule has 0 aromatic rings. The number of hydrogen-bond donors (Lipinski definition) is 1.